The molecule has 0 amide bonds. The van der Waals surface area contributed by atoms with E-state index in [-0.39, 0.29) is 0 Å². The summed E-state index contributed by atoms with van der Waals surface area (Å²) < 4.78 is 0. The molecule has 0 aliphatic heterocycles. The van der Waals surface area contributed by atoms with Gasteiger partial charge in [0.1, 0.15) is 0 Å². The van der Waals surface area contributed by atoms with Gasteiger partial charge in [-0.05, 0) is 6.42 Å². The average molecular weight is 117 g/mol. The Bertz CT molecular complexity index is 72.8. The lowest BCUT2D eigenvalue weighted by Gasteiger charge is -2.09. The summed E-state index contributed by atoms with van der Waals surface area (Å²) in [6.45, 7) is 3.38. The highest BCUT2D eigenvalue weighted by Gasteiger charge is 2.06. The molecule has 0 radical (unpaired) electrons. The van der Waals surface area contributed by atoms with Crippen molar-refractivity contribution in [3.63, 3.8) is 0 Å². The van der Waals surface area contributed by atoms with Gasteiger partial charge in [0.15, 0.2) is 6.29 Å². The fraction of sp³-hybridized carbons (Fsp3) is 0.600. The van der Waals surface area contributed by atoms with E-state index in [0.717, 1.165) is 0 Å². The number of hydrogen-bond acceptors (Lipinski definition) is 3. The molecule has 48 valence electrons. The lowest BCUT2D eigenvalue weighted by atomic mass is 10.2. The molecule has 0 aromatic heterocycles. The van der Waals surface area contributed by atoms with Crippen molar-refractivity contribution in [3.8, 4) is 0 Å². The standard InChI is InChI=1S/C5H11NO2/c1-2-3-4(6)5(7)8/h2,4-5,7-8H,1,3,6H2. The third kappa shape index (κ3) is 2.74. The molecule has 0 aliphatic rings. The topological polar surface area (TPSA) is 66.5 Å². The minimum absolute atomic E-state index is 0.428. The first-order valence-electron chi connectivity index (χ1n) is 2.41. The Labute approximate surface area is 48.4 Å². The largest absolute Gasteiger partial charge is 0.367 e. The van der Waals surface area contributed by atoms with Crippen LogP contribution in [0.5, 0.6) is 0 Å². The normalized spacial score (nSPS) is 14.0. The van der Waals surface area contributed by atoms with Gasteiger partial charge >= 0.3 is 0 Å². The van der Waals surface area contributed by atoms with Gasteiger partial charge in [-0.1, -0.05) is 6.08 Å². The van der Waals surface area contributed by atoms with E-state index < -0.39 is 12.3 Å². The summed E-state index contributed by atoms with van der Waals surface area (Å²) in [4.78, 5) is 0. The highest BCUT2D eigenvalue weighted by atomic mass is 16.5. The van der Waals surface area contributed by atoms with Crippen molar-refractivity contribution in [1.82, 2.24) is 0 Å². The number of aliphatic hydroxyl groups is 2. The minimum Gasteiger partial charge on any atom is -0.367 e. The lowest BCUT2D eigenvalue weighted by Crippen LogP contribution is -2.33. The Kier molecular flexibility index (Phi) is 3.43. The molecule has 0 heterocycles. The zero-order chi connectivity index (χ0) is 6.57. The van der Waals surface area contributed by atoms with Crippen LogP contribution in [0, 0.1) is 0 Å². The van der Waals surface area contributed by atoms with Crippen LogP contribution in [0.4, 0.5) is 0 Å². The molecular formula is C5H11NO2. The predicted octanol–water partition coefficient (Wildman–Crippen LogP) is -0.799. The Morgan fingerprint density at radius 3 is 2.25 bits per heavy atom. The SMILES string of the molecule is C=CCC(N)C(O)O. The summed E-state index contributed by atoms with van der Waals surface area (Å²) in [5.41, 5.74) is 5.16. The van der Waals surface area contributed by atoms with Crippen LogP contribution in [0.25, 0.3) is 0 Å². The Morgan fingerprint density at radius 1 is 1.62 bits per heavy atom. The van der Waals surface area contributed by atoms with Gasteiger partial charge in [0.05, 0.1) is 6.04 Å². The number of nitrogens with two attached hydrogens (primary N) is 1. The molecule has 4 N–H and O–H groups in total. The van der Waals surface area contributed by atoms with Crippen LogP contribution in [-0.2, 0) is 0 Å². The van der Waals surface area contributed by atoms with Crippen molar-refractivity contribution in [3.05, 3.63) is 12.7 Å². The van der Waals surface area contributed by atoms with Crippen molar-refractivity contribution >= 4 is 0 Å². The van der Waals surface area contributed by atoms with Gasteiger partial charge in [-0.2, -0.15) is 0 Å². The molecule has 1 atom stereocenters. The Hall–Kier alpha value is -0.380. The molecule has 3 nitrogen and oxygen atoms in total. The third-order valence-corrected chi connectivity index (χ3v) is 0.822. The van der Waals surface area contributed by atoms with Crippen molar-refractivity contribution in [2.75, 3.05) is 0 Å². The van der Waals surface area contributed by atoms with Crippen LogP contribution in [-0.4, -0.2) is 22.5 Å². The highest BCUT2D eigenvalue weighted by Crippen LogP contribution is 1.91. The van der Waals surface area contributed by atoms with E-state index in [9.17, 15) is 0 Å². The second kappa shape index (κ2) is 3.60. The van der Waals surface area contributed by atoms with Crippen molar-refractivity contribution in [2.24, 2.45) is 5.73 Å². The van der Waals surface area contributed by atoms with E-state index in [2.05, 4.69) is 6.58 Å². The summed E-state index contributed by atoms with van der Waals surface area (Å²) in [5.74, 6) is 0. The fourth-order valence-corrected chi connectivity index (χ4v) is 0.314. The zero-order valence-corrected chi connectivity index (χ0v) is 4.62. The van der Waals surface area contributed by atoms with Gasteiger partial charge < -0.3 is 15.9 Å². The Balaban J connectivity index is 3.30. The molecule has 0 spiro atoms. The smallest absolute Gasteiger partial charge is 0.167 e. The maximum Gasteiger partial charge on any atom is 0.167 e. The number of aliphatic hydroxyl groups excluding tert-OH is 1. The first-order valence-corrected chi connectivity index (χ1v) is 2.41. The number of rotatable bonds is 3. The average Bonchev–Trinajstić information content (AvgIpc) is 1.67. The quantitative estimate of drug-likeness (QED) is 0.335. The lowest BCUT2D eigenvalue weighted by molar-refractivity contribution is -0.0571. The van der Waals surface area contributed by atoms with Crippen LogP contribution in [0.1, 0.15) is 6.42 Å². The van der Waals surface area contributed by atoms with Gasteiger partial charge in [0.25, 0.3) is 0 Å². The van der Waals surface area contributed by atoms with E-state index in [1.54, 1.807) is 6.08 Å². The van der Waals surface area contributed by atoms with E-state index >= 15 is 0 Å². The monoisotopic (exact) mass is 117 g/mol. The zero-order valence-electron chi connectivity index (χ0n) is 4.62. The van der Waals surface area contributed by atoms with Crippen molar-refractivity contribution in [2.45, 2.75) is 18.8 Å². The van der Waals surface area contributed by atoms with Crippen LogP contribution >= 0.6 is 0 Å². The molecular weight excluding hydrogens is 106 g/mol. The van der Waals surface area contributed by atoms with Gasteiger partial charge in [-0.15, -0.1) is 6.58 Å². The van der Waals surface area contributed by atoms with Gasteiger partial charge in [0, 0.05) is 0 Å². The van der Waals surface area contributed by atoms with Crippen molar-refractivity contribution < 1.29 is 10.2 Å². The third-order valence-electron chi connectivity index (χ3n) is 0.822. The van der Waals surface area contributed by atoms with Crippen LogP contribution in [0.3, 0.4) is 0 Å². The summed E-state index contributed by atoms with van der Waals surface area (Å²) in [6.07, 6.45) is 0.551. The molecule has 8 heavy (non-hydrogen) atoms. The van der Waals surface area contributed by atoms with Crippen LogP contribution < -0.4 is 5.73 Å². The summed E-state index contributed by atoms with van der Waals surface area (Å²) >= 11 is 0. The van der Waals surface area contributed by atoms with Crippen molar-refractivity contribution in [1.29, 1.82) is 0 Å². The molecule has 0 saturated carbocycles. The Morgan fingerprint density at radius 2 is 2.12 bits per heavy atom. The first-order chi connectivity index (χ1) is 3.68. The maximum atomic E-state index is 8.33. The van der Waals surface area contributed by atoms with Gasteiger partial charge in [0.2, 0.25) is 0 Å². The summed E-state index contributed by atoms with van der Waals surface area (Å²) in [6, 6.07) is -0.590. The first kappa shape index (κ1) is 7.62. The molecule has 1 unspecified atom stereocenters. The molecule has 0 rings (SSSR count). The van der Waals surface area contributed by atoms with Gasteiger partial charge in [-0.3, -0.25) is 0 Å². The number of hydrogen-bond donors (Lipinski definition) is 3. The molecule has 0 aromatic rings. The predicted molar refractivity (Wildman–Crippen MR) is 31.0 cm³/mol. The summed E-state index contributed by atoms with van der Waals surface area (Å²) in [7, 11) is 0. The van der Waals surface area contributed by atoms with Gasteiger partial charge in [-0.25, -0.2) is 0 Å². The molecule has 0 saturated heterocycles. The molecule has 0 bridgehead atoms. The van der Waals surface area contributed by atoms with Crippen LogP contribution in [0.15, 0.2) is 12.7 Å². The maximum absolute atomic E-state index is 8.33. The second-order valence-corrected chi connectivity index (χ2v) is 1.60. The van der Waals surface area contributed by atoms with Crippen LogP contribution in [0.2, 0.25) is 0 Å². The highest BCUT2D eigenvalue weighted by molar-refractivity contribution is 4.75. The molecule has 0 aliphatic carbocycles. The fourth-order valence-electron chi connectivity index (χ4n) is 0.314. The molecule has 3 heteroatoms. The van der Waals surface area contributed by atoms with E-state index in [1.807, 2.05) is 0 Å². The van der Waals surface area contributed by atoms with E-state index in [0.29, 0.717) is 6.42 Å². The summed E-state index contributed by atoms with van der Waals surface area (Å²) in [5, 5.41) is 16.7. The van der Waals surface area contributed by atoms with E-state index in [4.69, 9.17) is 15.9 Å². The van der Waals surface area contributed by atoms with E-state index in [1.165, 1.54) is 0 Å². The molecule has 0 aromatic carbocycles. The minimum atomic E-state index is -1.42. The second-order valence-electron chi connectivity index (χ2n) is 1.60. The molecule has 0 fully saturated rings.